The monoisotopic (exact) mass is 347 g/mol. The normalized spacial score (nSPS) is 10.4. The fourth-order valence-electron chi connectivity index (χ4n) is 1.72. The van der Waals surface area contributed by atoms with Gasteiger partial charge in [0.1, 0.15) is 11.5 Å². The van der Waals surface area contributed by atoms with E-state index in [2.05, 4.69) is 15.8 Å². The molecule has 124 valence electrons. The van der Waals surface area contributed by atoms with E-state index in [1.807, 2.05) is 0 Å². The van der Waals surface area contributed by atoms with Crippen molar-refractivity contribution in [2.45, 2.75) is 0 Å². The van der Waals surface area contributed by atoms with Gasteiger partial charge in [-0.1, -0.05) is 23.7 Å². The van der Waals surface area contributed by atoms with Gasteiger partial charge >= 0.3 is 11.8 Å². The van der Waals surface area contributed by atoms with Gasteiger partial charge in [-0.3, -0.25) is 9.59 Å². The second-order valence-corrected chi connectivity index (χ2v) is 4.97. The van der Waals surface area contributed by atoms with Crippen LogP contribution >= 0.6 is 11.6 Å². The average molecular weight is 348 g/mol. The Balaban J connectivity index is 1.97. The van der Waals surface area contributed by atoms with Crippen LogP contribution in [0, 0.1) is 0 Å². The number of hydrazone groups is 1. The number of ether oxygens (including phenoxy) is 1. The molecule has 0 aliphatic heterocycles. The van der Waals surface area contributed by atoms with Crippen molar-refractivity contribution in [3.8, 4) is 11.5 Å². The van der Waals surface area contributed by atoms with Gasteiger partial charge in [-0.25, -0.2) is 5.43 Å². The number of methoxy groups -OCH3 is 1. The van der Waals surface area contributed by atoms with E-state index in [0.717, 1.165) is 0 Å². The first-order valence-electron chi connectivity index (χ1n) is 6.77. The summed E-state index contributed by atoms with van der Waals surface area (Å²) in [6.07, 6.45) is 1.19. The lowest BCUT2D eigenvalue weighted by molar-refractivity contribution is -0.136. The van der Waals surface area contributed by atoms with Crippen molar-refractivity contribution >= 4 is 35.3 Å². The van der Waals surface area contributed by atoms with Crippen molar-refractivity contribution < 1.29 is 19.4 Å². The van der Waals surface area contributed by atoms with Gasteiger partial charge in [0.25, 0.3) is 0 Å². The van der Waals surface area contributed by atoms with Gasteiger partial charge < -0.3 is 15.2 Å². The number of carbonyl (C=O) groups is 2. The number of nitrogens with zero attached hydrogens (tertiary/aromatic N) is 1. The Morgan fingerprint density at radius 1 is 1.21 bits per heavy atom. The molecule has 0 spiro atoms. The van der Waals surface area contributed by atoms with E-state index in [-0.39, 0.29) is 5.75 Å². The van der Waals surface area contributed by atoms with Crippen LogP contribution in [0.25, 0.3) is 0 Å². The number of phenolic OH excluding ortho intramolecular Hbond substituents is 1. The molecule has 7 nitrogen and oxygen atoms in total. The molecule has 2 amide bonds. The predicted octanol–water partition coefficient (Wildman–Crippen LogP) is 2.14. The van der Waals surface area contributed by atoms with E-state index < -0.39 is 11.8 Å². The fourth-order valence-corrected chi connectivity index (χ4v) is 1.90. The zero-order valence-electron chi connectivity index (χ0n) is 12.6. The molecule has 2 aromatic carbocycles. The van der Waals surface area contributed by atoms with E-state index in [4.69, 9.17) is 16.3 Å². The number of hydrogen-bond donors (Lipinski definition) is 3. The van der Waals surface area contributed by atoms with Crippen LogP contribution in [-0.4, -0.2) is 30.2 Å². The molecule has 2 aromatic rings. The lowest BCUT2D eigenvalue weighted by Crippen LogP contribution is -2.32. The first kappa shape index (κ1) is 17.3. The molecule has 0 radical (unpaired) electrons. The Morgan fingerprint density at radius 3 is 2.67 bits per heavy atom. The van der Waals surface area contributed by atoms with E-state index in [0.29, 0.717) is 22.0 Å². The molecule has 2 rings (SSSR count). The predicted molar refractivity (Wildman–Crippen MR) is 90.5 cm³/mol. The Labute approximate surface area is 142 Å². The number of rotatable bonds is 4. The standard InChI is InChI=1S/C16H14ClN3O4/c1-24-11-6-7-14(21)10(8-11)9-18-20-16(23)15(22)19-13-5-3-2-4-12(13)17/h2-9,21H,1H3,(H,19,22)(H,20,23)/b18-9-. The highest BCUT2D eigenvalue weighted by atomic mass is 35.5. The first-order chi connectivity index (χ1) is 11.5. The van der Waals surface area contributed by atoms with Crippen molar-refractivity contribution in [2.75, 3.05) is 12.4 Å². The molecule has 24 heavy (non-hydrogen) atoms. The molecule has 0 heterocycles. The van der Waals surface area contributed by atoms with Crippen LogP contribution in [0.2, 0.25) is 5.02 Å². The van der Waals surface area contributed by atoms with E-state index in [1.165, 1.54) is 25.5 Å². The third-order valence-electron chi connectivity index (χ3n) is 2.93. The van der Waals surface area contributed by atoms with Gasteiger partial charge in [-0.05, 0) is 30.3 Å². The number of carbonyl (C=O) groups excluding carboxylic acids is 2. The summed E-state index contributed by atoms with van der Waals surface area (Å²) in [4.78, 5) is 23.4. The smallest absolute Gasteiger partial charge is 0.329 e. The zero-order valence-corrected chi connectivity index (χ0v) is 13.4. The highest BCUT2D eigenvalue weighted by Crippen LogP contribution is 2.21. The topological polar surface area (TPSA) is 100 Å². The summed E-state index contributed by atoms with van der Waals surface area (Å²) in [5.74, 6) is -1.44. The Morgan fingerprint density at radius 2 is 1.96 bits per heavy atom. The van der Waals surface area contributed by atoms with Crippen LogP contribution < -0.4 is 15.5 Å². The van der Waals surface area contributed by atoms with Crippen molar-refractivity contribution in [1.29, 1.82) is 0 Å². The molecule has 3 N–H and O–H groups in total. The highest BCUT2D eigenvalue weighted by Gasteiger charge is 2.14. The van der Waals surface area contributed by atoms with Crippen LogP contribution in [0.5, 0.6) is 11.5 Å². The first-order valence-corrected chi connectivity index (χ1v) is 7.15. The lowest BCUT2D eigenvalue weighted by atomic mass is 10.2. The fraction of sp³-hybridized carbons (Fsp3) is 0.0625. The Kier molecular flexibility index (Phi) is 5.75. The summed E-state index contributed by atoms with van der Waals surface area (Å²) in [5.41, 5.74) is 2.69. The van der Waals surface area contributed by atoms with Gasteiger partial charge in [-0.2, -0.15) is 5.10 Å². The zero-order chi connectivity index (χ0) is 17.5. The lowest BCUT2D eigenvalue weighted by Gasteiger charge is -2.05. The van der Waals surface area contributed by atoms with Crippen LogP contribution in [-0.2, 0) is 9.59 Å². The van der Waals surface area contributed by atoms with Crippen LogP contribution in [0.3, 0.4) is 0 Å². The molecule has 0 bridgehead atoms. The molecule has 0 aliphatic rings. The molecule has 0 fully saturated rings. The summed E-state index contributed by atoms with van der Waals surface area (Å²) >= 11 is 5.89. The number of halogens is 1. The number of anilines is 1. The third-order valence-corrected chi connectivity index (χ3v) is 3.26. The molecular weight excluding hydrogens is 334 g/mol. The van der Waals surface area contributed by atoms with E-state index in [9.17, 15) is 14.7 Å². The van der Waals surface area contributed by atoms with Crippen molar-refractivity contribution in [3.05, 3.63) is 53.1 Å². The minimum absolute atomic E-state index is 0.0469. The molecular formula is C16H14ClN3O4. The molecule has 0 saturated heterocycles. The highest BCUT2D eigenvalue weighted by molar-refractivity contribution is 6.41. The molecule has 0 unspecified atom stereocenters. The number of nitrogens with one attached hydrogen (secondary N) is 2. The Hall–Kier alpha value is -3.06. The number of para-hydroxylation sites is 1. The largest absolute Gasteiger partial charge is 0.507 e. The quantitative estimate of drug-likeness (QED) is 0.448. The number of phenols is 1. The summed E-state index contributed by atoms with van der Waals surface area (Å²) < 4.78 is 5.02. The number of benzene rings is 2. The summed E-state index contributed by atoms with van der Waals surface area (Å²) in [6, 6.07) is 11.0. The van der Waals surface area contributed by atoms with Gasteiger partial charge in [0.15, 0.2) is 0 Å². The van der Waals surface area contributed by atoms with E-state index in [1.54, 1.807) is 30.3 Å². The molecule has 8 heteroatoms. The molecule has 0 aliphatic carbocycles. The van der Waals surface area contributed by atoms with Gasteiger partial charge in [0, 0.05) is 5.56 Å². The second kappa shape index (κ2) is 7.98. The van der Waals surface area contributed by atoms with Gasteiger partial charge in [-0.15, -0.1) is 0 Å². The maximum atomic E-state index is 11.7. The maximum Gasteiger partial charge on any atom is 0.329 e. The van der Waals surface area contributed by atoms with Crippen molar-refractivity contribution in [3.63, 3.8) is 0 Å². The molecule has 0 saturated carbocycles. The Bertz CT molecular complexity index is 793. The molecule has 0 aromatic heterocycles. The minimum Gasteiger partial charge on any atom is -0.507 e. The number of hydrogen-bond acceptors (Lipinski definition) is 5. The van der Waals surface area contributed by atoms with Crippen LogP contribution in [0.15, 0.2) is 47.6 Å². The van der Waals surface area contributed by atoms with Crippen molar-refractivity contribution in [1.82, 2.24) is 5.43 Å². The maximum absolute atomic E-state index is 11.7. The second-order valence-electron chi connectivity index (χ2n) is 4.56. The third kappa shape index (κ3) is 4.47. The molecule has 0 atom stereocenters. The number of aromatic hydroxyl groups is 1. The average Bonchev–Trinajstić information content (AvgIpc) is 2.58. The summed E-state index contributed by atoms with van der Waals surface area (Å²) in [7, 11) is 1.48. The minimum atomic E-state index is -0.978. The van der Waals surface area contributed by atoms with Gasteiger partial charge in [0.2, 0.25) is 0 Å². The summed E-state index contributed by atoms with van der Waals surface area (Å²) in [5, 5.41) is 16.0. The van der Waals surface area contributed by atoms with Gasteiger partial charge in [0.05, 0.1) is 24.0 Å². The van der Waals surface area contributed by atoms with Crippen molar-refractivity contribution in [2.24, 2.45) is 5.10 Å². The van der Waals surface area contributed by atoms with E-state index >= 15 is 0 Å². The SMILES string of the molecule is COc1ccc(O)c(/C=N\NC(=O)C(=O)Nc2ccccc2Cl)c1. The van der Waals surface area contributed by atoms with Crippen LogP contribution in [0.1, 0.15) is 5.56 Å². The van der Waals surface area contributed by atoms with Crippen LogP contribution in [0.4, 0.5) is 5.69 Å². The number of amides is 2. The summed E-state index contributed by atoms with van der Waals surface area (Å²) in [6.45, 7) is 0.